The van der Waals surface area contributed by atoms with E-state index < -0.39 is 28.2 Å². The molecule has 0 fully saturated rings. The minimum absolute atomic E-state index is 0.0436. The Morgan fingerprint density at radius 3 is 2.26 bits per heavy atom. The van der Waals surface area contributed by atoms with Crippen molar-refractivity contribution in [1.82, 2.24) is 4.98 Å². The van der Waals surface area contributed by atoms with Gasteiger partial charge in [-0.3, -0.25) is 9.59 Å². The number of carbonyl (C=O) groups is 2. The molecule has 0 aliphatic carbocycles. The topological polar surface area (TPSA) is 130 Å². The molecule has 1 unspecified atom stereocenters. The number of halogens is 3. The van der Waals surface area contributed by atoms with Gasteiger partial charge in [-0.1, -0.05) is 41.6 Å². The van der Waals surface area contributed by atoms with Gasteiger partial charge < -0.3 is 10.5 Å². The summed E-state index contributed by atoms with van der Waals surface area (Å²) >= 11 is 0.101. The molecule has 2 rings (SSSR count). The summed E-state index contributed by atoms with van der Waals surface area (Å²) in [5.74, 6) is -4.15. The lowest BCUT2D eigenvalue weighted by Gasteiger charge is -2.18. The molecule has 1 aromatic carbocycles. The summed E-state index contributed by atoms with van der Waals surface area (Å²) in [5, 5.41) is 16.5. The first-order valence-corrected chi connectivity index (χ1v) is 9.58. The maximum absolute atomic E-state index is 13.0. The van der Waals surface area contributed by atoms with Crippen molar-refractivity contribution in [1.29, 1.82) is 10.5 Å². The molecule has 0 aliphatic heterocycles. The zero-order valence-electron chi connectivity index (χ0n) is 16.3. The third kappa shape index (κ3) is 5.13. The van der Waals surface area contributed by atoms with Crippen LogP contribution in [0.15, 0.2) is 29.3 Å². The highest BCUT2D eigenvalue weighted by Gasteiger charge is 2.48. The normalized spacial score (nSPS) is 11.8. The van der Waals surface area contributed by atoms with Gasteiger partial charge in [0.25, 0.3) is 5.78 Å². The predicted molar refractivity (Wildman–Crippen MR) is 106 cm³/mol. The number of nitriles is 2. The Morgan fingerprint density at radius 1 is 1.19 bits per heavy atom. The molecular weight excluding hydrogens is 433 g/mol. The smallest absolute Gasteiger partial charge is 0.451 e. The summed E-state index contributed by atoms with van der Waals surface area (Å²) in [6, 6.07) is 10.2. The Morgan fingerprint density at radius 2 is 1.77 bits per heavy atom. The number of pyridine rings is 1. The van der Waals surface area contributed by atoms with E-state index in [0.29, 0.717) is 5.56 Å². The molecule has 7 nitrogen and oxygen atoms in total. The second kappa shape index (κ2) is 9.49. The van der Waals surface area contributed by atoms with Crippen LogP contribution in [0.4, 0.5) is 19.0 Å². The van der Waals surface area contributed by atoms with Crippen LogP contribution in [0.2, 0.25) is 0 Å². The van der Waals surface area contributed by atoms with Crippen molar-refractivity contribution in [3.63, 3.8) is 0 Å². The number of esters is 1. The highest BCUT2D eigenvalue weighted by Crippen LogP contribution is 2.38. The summed E-state index contributed by atoms with van der Waals surface area (Å²) in [6.07, 6.45) is -5.32. The fourth-order valence-corrected chi connectivity index (χ4v) is 3.62. The number of aryl methyl sites for hydroxylation is 1. The second-order valence-electron chi connectivity index (χ2n) is 6.13. The number of anilines is 1. The number of ketones is 1. The number of hydrogen-bond acceptors (Lipinski definition) is 8. The van der Waals surface area contributed by atoms with Gasteiger partial charge in [0.15, 0.2) is 5.25 Å². The summed E-state index contributed by atoms with van der Waals surface area (Å²) in [4.78, 5) is 27.8. The van der Waals surface area contributed by atoms with Crippen molar-refractivity contribution in [2.75, 3.05) is 12.3 Å². The van der Waals surface area contributed by atoms with E-state index in [1.54, 1.807) is 30.3 Å². The first-order valence-electron chi connectivity index (χ1n) is 8.70. The Labute approximate surface area is 179 Å². The third-order valence-corrected chi connectivity index (χ3v) is 5.16. The Bertz CT molecular complexity index is 1100. The Kier molecular flexibility index (Phi) is 7.26. The lowest BCUT2D eigenvalue weighted by atomic mass is 9.96. The molecule has 1 aromatic heterocycles. The van der Waals surface area contributed by atoms with E-state index >= 15 is 0 Å². The van der Waals surface area contributed by atoms with E-state index in [4.69, 9.17) is 5.73 Å². The van der Waals surface area contributed by atoms with Crippen LogP contribution in [0.1, 0.15) is 23.6 Å². The van der Waals surface area contributed by atoms with Gasteiger partial charge in [0.1, 0.15) is 28.5 Å². The van der Waals surface area contributed by atoms with Crippen LogP contribution in [0.5, 0.6) is 0 Å². The fraction of sp³-hybridized carbons (Fsp3) is 0.250. The molecule has 0 saturated carbocycles. The number of hydrogen-bond donors (Lipinski definition) is 1. The lowest BCUT2D eigenvalue weighted by molar-refractivity contribution is -0.173. The molecule has 0 amide bonds. The van der Waals surface area contributed by atoms with E-state index in [1.165, 1.54) is 6.92 Å². The average Bonchev–Trinajstić information content (AvgIpc) is 2.71. The van der Waals surface area contributed by atoms with Crippen molar-refractivity contribution in [3.8, 4) is 23.3 Å². The van der Waals surface area contributed by atoms with Crippen molar-refractivity contribution < 1.29 is 27.5 Å². The molecule has 0 radical (unpaired) electrons. The molecule has 0 aliphatic rings. The Balaban J connectivity index is 2.71. The number of alkyl halides is 3. The summed E-state index contributed by atoms with van der Waals surface area (Å²) in [6.45, 7) is 2.92. The van der Waals surface area contributed by atoms with Gasteiger partial charge in [0, 0.05) is 5.56 Å². The van der Waals surface area contributed by atoms with Crippen molar-refractivity contribution in [3.05, 3.63) is 41.0 Å². The minimum Gasteiger partial charge on any atom is -0.465 e. The summed E-state index contributed by atoms with van der Waals surface area (Å²) in [7, 11) is 0. The largest absolute Gasteiger partial charge is 0.465 e. The van der Waals surface area contributed by atoms with Crippen LogP contribution < -0.4 is 5.73 Å². The zero-order valence-corrected chi connectivity index (χ0v) is 17.1. The SMILES string of the molecule is CCOC(=O)C(Sc1nc(N)c(C#N)c(-c2ccc(C)cc2)c1C#N)C(=O)C(F)(F)F. The standard InChI is InChI=1S/C20H15F3N4O3S/c1-3-30-19(29)15(16(28)20(21,22)23)31-18-13(9-25)14(12(8-24)17(26)27-18)11-6-4-10(2)5-7-11/h4-7,15H,3H2,1-2H3,(H2,26,27). The molecule has 0 spiro atoms. The molecule has 0 saturated heterocycles. The molecule has 2 aromatic rings. The second-order valence-corrected chi connectivity index (χ2v) is 7.22. The van der Waals surface area contributed by atoms with Crippen molar-refractivity contribution >= 4 is 29.3 Å². The van der Waals surface area contributed by atoms with Gasteiger partial charge in [-0.2, -0.15) is 23.7 Å². The van der Waals surface area contributed by atoms with Gasteiger partial charge in [0.05, 0.1) is 12.2 Å². The molecule has 1 atom stereocenters. The van der Waals surface area contributed by atoms with Crippen LogP contribution in [0, 0.1) is 29.6 Å². The molecule has 11 heteroatoms. The summed E-state index contributed by atoms with van der Waals surface area (Å²) < 4.78 is 43.7. The van der Waals surface area contributed by atoms with E-state index in [1.807, 2.05) is 13.0 Å². The highest BCUT2D eigenvalue weighted by molar-refractivity contribution is 8.01. The van der Waals surface area contributed by atoms with Gasteiger partial charge in [-0.05, 0) is 19.4 Å². The molecule has 1 heterocycles. The first-order chi connectivity index (χ1) is 14.5. The number of rotatable bonds is 6. The monoisotopic (exact) mass is 448 g/mol. The predicted octanol–water partition coefficient (Wildman–Crippen LogP) is 3.54. The zero-order chi connectivity index (χ0) is 23.3. The molecule has 0 bridgehead atoms. The highest BCUT2D eigenvalue weighted by atomic mass is 32.2. The van der Waals surface area contributed by atoms with Crippen LogP contribution in [-0.2, 0) is 14.3 Å². The maximum atomic E-state index is 13.0. The minimum atomic E-state index is -5.32. The van der Waals surface area contributed by atoms with Crippen LogP contribution in [-0.4, -0.2) is 34.8 Å². The van der Waals surface area contributed by atoms with Crippen LogP contribution >= 0.6 is 11.8 Å². The van der Waals surface area contributed by atoms with Crippen molar-refractivity contribution in [2.24, 2.45) is 0 Å². The van der Waals surface area contributed by atoms with Gasteiger partial charge in [-0.15, -0.1) is 0 Å². The van der Waals surface area contributed by atoms with Crippen molar-refractivity contribution in [2.45, 2.75) is 30.3 Å². The number of benzene rings is 1. The van der Waals surface area contributed by atoms with Gasteiger partial charge in [-0.25, -0.2) is 4.98 Å². The van der Waals surface area contributed by atoms with Crippen LogP contribution in [0.25, 0.3) is 11.1 Å². The summed E-state index contributed by atoms with van der Waals surface area (Å²) in [5.41, 5.74) is 6.70. The van der Waals surface area contributed by atoms with Gasteiger partial charge >= 0.3 is 12.1 Å². The number of nitrogens with two attached hydrogens (primary N) is 1. The number of aromatic nitrogens is 1. The van der Waals surface area contributed by atoms with E-state index in [2.05, 4.69) is 9.72 Å². The number of Topliss-reactive ketones (excluding diaryl/α,β-unsaturated/α-hetero) is 1. The number of nitrogens with zero attached hydrogens (tertiary/aromatic N) is 3. The lowest BCUT2D eigenvalue weighted by Crippen LogP contribution is -2.38. The first kappa shape index (κ1) is 23.7. The fourth-order valence-electron chi connectivity index (χ4n) is 2.58. The number of carbonyl (C=O) groups excluding carboxylic acids is 2. The van der Waals surface area contributed by atoms with E-state index in [9.17, 15) is 33.3 Å². The maximum Gasteiger partial charge on any atom is 0.451 e. The quantitative estimate of drug-likeness (QED) is 0.403. The Hall–Kier alpha value is -3.57. The van der Waals surface area contributed by atoms with Gasteiger partial charge in [0.2, 0.25) is 0 Å². The molecule has 160 valence electrons. The van der Waals surface area contributed by atoms with E-state index in [-0.39, 0.29) is 40.9 Å². The molecular formula is C20H15F3N4O3S. The third-order valence-electron chi connectivity index (χ3n) is 4.00. The number of nitrogen functional groups attached to an aromatic ring is 1. The number of ether oxygens (including phenoxy) is 1. The van der Waals surface area contributed by atoms with Crippen LogP contribution in [0.3, 0.4) is 0 Å². The average molecular weight is 448 g/mol. The molecule has 31 heavy (non-hydrogen) atoms. The molecule has 2 N–H and O–H groups in total. The van der Waals surface area contributed by atoms with E-state index in [0.717, 1.165) is 5.56 Å². The number of thioether (sulfide) groups is 1.